The molecule has 1 aromatic carbocycles. The Labute approximate surface area is 92.1 Å². The molecule has 0 aliphatic rings. The Morgan fingerprint density at radius 2 is 1.92 bits per heavy atom. The highest BCUT2D eigenvalue weighted by molar-refractivity contribution is 6.43. The maximum Gasteiger partial charge on any atom is 0.0644 e. The third kappa shape index (κ3) is 2.38. The largest absolute Gasteiger partial charge is 0.321 e. The van der Waals surface area contributed by atoms with Gasteiger partial charge in [0.2, 0.25) is 0 Å². The second-order valence-corrected chi connectivity index (χ2v) is 3.77. The minimum absolute atomic E-state index is 0.344. The first-order chi connectivity index (χ1) is 6.06. The average molecular weight is 237 g/mol. The van der Waals surface area contributed by atoms with E-state index in [9.17, 15) is 0 Å². The van der Waals surface area contributed by atoms with Crippen molar-refractivity contribution in [3.05, 3.63) is 45.4 Å². The summed E-state index contributed by atoms with van der Waals surface area (Å²) >= 11 is 17.5. The Hall–Kier alpha value is -0.210. The normalized spacial score (nSPS) is 12.6. The molecule has 1 atom stereocenters. The zero-order valence-corrected chi connectivity index (χ0v) is 9.00. The summed E-state index contributed by atoms with van der Waals surface area (Å²) in [6, 6.07) is 2.91. The van der Waals surface area contributed by atoms with Gasteiger partial charge >= 0.3 is 0 Å². The van der Waals surface area contributed by atoms with Crippen molar-refractivity contribution in [1.29, 1.82) is 0 Å². The molecule has 70 valence electrons. The van der Waals surface area contributed by atoms with Gasteiger partial charge in [-0.05, 0) is 17.7 Å². The zero-order valence-electron chi connectivity index (χ0n) is 6.73. The fourth-order valence-electron chi connectivity index (χ4n) is 0.945. The van der Waals surface area contributed by atoms with Gasteiger partial charge in [-0.3, -0.25) is 0 Å². The number of benzene rings is 1. The van der Waals surface area contributed by atoms with E-state index in [4.69, 9.17) is 40.5 Å². The first-order valence-corrected chi connectivity index (χ1v) is 4.72. The first kappa shape index (κ1) is 10.9. The van der Waals surface area contributed by atoms with Crippen molar-refractivity contribution in [2.24, 2.45) is 5.73 Å². The molecule has 0 aliphatic heterocycles. The Morgan fingerprint density at radius 3 is 2.46 bits per heavy atom. The van der Waals surface area contributed by atoms with Gasteiger partial charge in [-0.1, -0.05) is 40.9 Å². The van der Waals surface area contributed by atoms with E-state index in [1.807, 2.05) is 0 Å². The number of nitrogens with two attached hydrogens (primary N) is 1. The van der Waals surface area contributed by atoms with E-state index in [1.165, 1.54) is 0 Å². The van der Waals surface area contributed by atoms with Crippen molar-refractivity contribution < 1.29 is 0 Å². The quantitative estimate of drug-likeness (QED) is 0.613. The number of hydrogen-bond acceptors (Lipinski definition) is 1. The zero-order chi connectivity index (χ0) is 10.0. The molecular formula is C9H8Cl3N. The Kier molecular flexibility index (Phi) is 3.63. The second-order valence-electron chi connectivity index (χ2n) is 2.55. The lowest BCUT2D eigenvalue weighted by Gasteiger charge is -2.10. The minimum atomic E-state index is -0.344. The first-order valence-electron chi connectivity index (χ1n) is 3.59. The molecule has 0 aliphatic carbocycles. The van der Waals surface area contributed by atoms with Gasteiger partial charge in [0, 0.05) is 11.1 Å². The smallest absolute Gasteiger partial charge is 0.0644 e. The second kappa shape index (κ2) is 4.34. The molecule has 1 aromatic rings. The number of hydrogen-bond donors (Lipinski definition) is 1. The Balaban J connectivity index is 3.27. The summed E-state index contributed by atoms with van der Waals surface area (Å²) in [5.74, 6) is 0. The van der Waals surface area contributed by atoms with Crippen LogP contribution in [0.5, 0.6) is 0 Å². The molecule has 0 fully saturated rings. The van der Waals surface area contributed by atoms with Crippen molar-refractivity contribution in [1.82, 2.24) is 0 Å². The van der Waals surface area contributed by atoms with E-state index < -0.39 is 0 Å². The van der Waals surface area contributed by atoms with Crippen LogP contribution in [0.15, 0.2) is 24.8 Å². The molecule has 0 radical (unpaired) electrons. The molecule has 13 heavy (non-hydrogen) atoms. The summed E-state index contributed by atoms with van der Waals surface area (Å²) < 4.78 is 0. The molecule has 0 unspecified atom stereocenters. The standard InChI is InChI=1S/C9H8Cl3N/c1-2-8(13)6-3-5(10)4-7(11)9(6)12/h2-4,8H,1,13H2/t8-/m0/s1. The van der Waals surface area contributed by atoms with Crippen LogP contribution in [-0.4, -0.2) is 0 Å². The van der Waals surface area contributed by atoms with Crippen LogP contribution in [0.2, 0.25) is 15.1 Å². The van der Waals surface area contributed by atoms with Crippen LogP contribution in [0, 0.1) is 0 Å². The van der Waals surface area contributed by atoms with Crippen LogP contribution in [0.1, 0.15) is 11.6 Å². The number of rotatable bonds is 2. The predicted octanol–water partition coefficient (Wildman–Crippen LogP) is 3.83. The highest BCUT2D eigenvalue weighted by atomic mass is 35.5. The van der Waals surface area contributed by atoms with Crippen molar-refractivity contribution in [2.75, 3.05) is 0 Å². The summed E-state index contributed by atoms with van der Waals surface area (Å²) in [7, 11) is 0. The molecule has 0 heterocycles. The molecule has 0 saturated heterocycles. The summed E-state index contributed by atoms with van der Waals surface area (Å²) in [5, 5.41) is 1.35. The molecule has 2 N–H and O–H groups in total. The monoisotopic (exact) mass is 235 g/mol. The number of halogens is 3. The van der Waals surface area contributed by atoms with Gasteiger partial charge in [0.15, 0.2) is 0 Å². The molecule has 0 amide bonds. The fourth-order valence-corrected chi connectivity index (χ4v) is 1.69. The predicted molar refractivity (Wildman–Crippen MR) is 58.6 cm³/mol. The highest BCUT2D eigenvalue weighted by Crippen LogP contribution is 2.32. The maximum absolute atomic E-state index is 5.92. The van der Waals surface area contributed by atoms with Crippen molar-refractivity contribution >= 4 is 34.8 Å². The van der Waals surface area contributed by atoms with E-state index in [1.54, 1.807) is 18.2 Å². The molecule has 0 spiro atoms. The van der Waals surface area contributed by atoms with Gasteiger partial charge in [-0.25, -0.2) is 0 Å². The van der Waals surface area contributed by atoms with E-state index in [-0.39, 0.29) is 6.04 Å². The molecular weight excluding hydrogens is 228 g/mol. The van der Waals surface area contributed by atoms with Gasteiger partial charge in [0.25, 0.3) is 0 Å². The van der Waals surface area contributed by atoms with Gasteiger partial charge in [-0.2, -0.15) is 0 Å². The lowest BCUT2D eigenvalue weighted by Crippen LogP contribution is -2.07. The highest BCUT2D eigenvalue weighted by Gasteiger charge is 2.10. The van der Waals surface area contributed by atoms with Crippen LogP contribution in [-0.2, 0) is 0 Å². The Morgan fingerprint density at radius 1 is 1.31 bits per heavy atom. The molecule has 1 rings (SSSR count). The Bertz CT molecular complexity index is 336. The summed E-state index contributed by atoms with van der Waals surface area (Å²) in [6.07, 6.45) is 1.58. The van der Waals surface area contributed by atoms with Crippen LogP contribution in [0.25, 0.3) is 0 Å². The minimum Gasteiger partial charge on any atom is -0.321 e. The maximum atomic E-state index is 5.92. The third-order valence-electron chi connectivity index (χ3n) is 1.63. The molecule has 1 nitrogen and oxygen atoms in total. The van der Waals surface area contributed by atoms with E-state index in [0.29, 0.717) is 20.6 Å². The summed E-state index contributed by atoms with van der Waals surface area (Å²) in [4.78, 5) is 0. The van der Waals surface area contributed by atoms with Crippen molar-refractivity contribution in [2.45, 2.75) is 6.04 Å². The van der Waals surface area contributed by atoms with E-state index >= 15 is 0 Å². The molecule has 0 saturated carbocycles. The van der Waals surface area contributed by atoms with Crippen molar-refractivity contribution in [3.8, 4) is 0 Å². The third-order valence-corrected chi connectivity index (χ3v) is 2.67. The van der Waals surface area contributed by atoms with Crippen LogP contribution < -0.4 is 5.73 Å². The van der Waals surface area contributed by atoms with Crippen molar-refractivity contribution in [3.63, 3.8) is 0 Å². The van der Waals surface area contributed by atoms with Crippen LogP contribution in [0.3, 0.4) is 0 Å². The molecule has 4 heteroatoms. The molecule has 0 aromatic heterocycles. The van der Waals surface area contributed by atoms with Gasteiger partial charge in [-0.15, -0.1) is 6.58 Å². The van der Waals surface area contributed by atoms with E-state index in [0.717, 1.165) is 0 Å². The lowest BCUT2D eigenvalue weighted by molar-refractivity contribution is 0.915. The van der Waals surface area contributed by atoms with Gasteiger partial charge in [0.1, 0.15) is 0 Å². The summed E-state index contributed by atoms with van der Waals surface area (Å²) in [5.41, 5.74) is 6.40. The molecule has 0 bridgehead atoms. The summed E-state index contributed by atoms with van der Waals surface area (Å²) in [6.45, 7) is 3.57. The van der Waals surface area contributed by atoms with Gasteiger partial charge < -0.3 is 5.73 Å². The van der Waals surface area contributed by atoms with Crippen LogP contribution >= 0.6 is 34.8 Å². The SMILES string of the molecule is C=C[C@H](N)c1cc(Cl)cc(Cl)c1Cl. The van der Waals surface area contributed by atoms with Gasteiger partial charge in [0.05, 0.1) is 10.0 Å². The fraction of sp³-hybridized carbons (Fsp3) is 0.111. The lowest BCUT2D eigenvalue weighted by atomic mass is 10.1. The van der Waals surface area contributed by atoms with E-state index in [2.05, 4.69) is 6.58 Å². The van der Waals surface area contributed by atoms with Crippen LogP contribution in [0.4, 0.5) is 0 Å². The topological polar surface area (TPSA) is 26.0 Å². The average Bonchev–Trinajstić information content (AvgIpc) is 2.10.